The molecular weight excluding hydrogens is 281 g/mol. The lowest BCUT2D eigenvalue weighted by Gasteiger charge is -2.36. The maximum atomic E-state index is 12.9. The molecule has 1 aromatic carbocycles. The van der Waals surface area contributed by atoms with E-state index in [0.717, 1.165) is 24.6 Å². The van der Waals surface area contributed by atoms with E-state index in [-0.39, 0.29) is 16.5 Å². The molecule has 0 unspecified atom stereocenters. The van der Waals surface area contributed by atoms with E-state index in [1.807, 2.05) is 0 Å². The first-order chi connectivity index (χ1) is 8.32. The van der Waals surface area contributed by atoms with E-state index in [4.69, 9.17) is 11.6 Å². The lowest BCUT2D eigenvalue weighted by Crippen LogP contribution is -2.47. The minimum absolute atomic E-state index is 0.0374. The largest absolute Gasteiger partial charge is 0.389 e. The molecule has 100 valence electrons. The van der Waals surface area contributed by atoms with Crippen LogP contribution in [0, 0.1) is 5.82 Å². The number of halogens is 2. The lowest BCUT2D eigenvalue weighted by molar-refractivity contribution is -0.0270. The fourth-order valence-corrected chi connectivity index (χ4v) is 3.11. The first-order valence-electron chi connectivity index (χ1n) is 5.50. The fourth-order valence-electron chi connectivity index (χ4n) is 1.72. The molecule has 1 aliphatic rings. The van der Waals surface area contributed by atoms with E-state index in [1.165, 1.54) is 0 Å². The second-order valence-corrected chi connectivity index (χ2v) is 6.65. The molecule has 7 heteroatoms. The van der Waals surface area contributed by atoms with Gasteiger partial charge in [-0.1, -0.05) is 11.6 Å². The minimum Gasteiger partial charge on any atom is -0.389 e. The van der Waals surface area contributed by atoms with Gasteiger partial charge in [-0.3, -0.25) is 0 Å². The maximum absolute atomic E-state index is 12.9. The highest BCUT2D eigenvalue weighted by Crippen LogP contribution is 2.31. The molecule has 0 aliphatic heterocycles. The highest BCUT2D eigenvalue weighted by Gasteiger charge is 2.35. The van der Waals surface area contributed by atoms with Crippen molar-refractivity contribution < 1.29 is 17.9 Å². The standard InChI is InChI=1S/C11H13ClFNO3S/c12-9-6-8(2-3-10(9)13)18(16,17)14-7-11(15)4-1-5-11/h2-3,6,14-15H,1,4-5,7H2. The second-order valence-electron chi connectivity index (χ2n) is 4.48. The van der Waals surface area contributed by atoms with Crippen molar-refractivity contribution in [2.45, 2.75) is 29.8 Å². The van der Waals surface area contributed by atoms with Gasteiger partial charge in [0.25, 0.3) is 0 Å². The summed E-state index contributed by atoms with van der Waals surface area (Å²) in [4.78, 5) is -0.114. The predicted molar refractivity (Wildman–Crippen MR) is 65.4 cm³/mol. The number of benzene rings is 1. The Kier molecular flexibility index (Phi) is 3.64. The molecule has 1 aromatic rings. The second kappa shape index (κ2) is 4.77. The van der Waals surface area contributed by atoms with Crippen molar-refractivity contribution in [2.75, 3.05) is 6.54 Å². The summed E-state index contributed by atoms with van der Waals surface area (Å²) in [5.41, 5.74) is -0.948. The topological polar surface area (TPSA) is 66.4 Å². The molecular formula is C11H13ClFNO3S. The van der Waals surface area contributed by atoms with Crippen molar-refractivity contribution in [3.63, 3.8) is 0 Å². The molecule has 1 fully saturated rings. The van der Waals surface area contributed by atoms with Crippen molar-refractivity contribution in [1.82, 2.24) is 4.72 Å². The van der Waals surface area contributed by atoms with Gasteiger partial charge in [0, 0.05) is 6.54 Å². The van der Waals surface area contributed by atoms with Crippen LogP contribution in [0.1, 0.15) is 19.3 Å². The van der Waals surface area contributed by atoms with E-state index in [2.05, 4.69) is 4.72 Å². The van der Waals surface area contributed by atoms with Crippen LogP contribution in [0.4, 0.5) is 4.39 Å². The van der Waals surface area contributed by atoms with Crippen molar-refractivity contribution in [3.8, 4) is 0 Å². The van der Waals surface area contributed by atoms with Gasteiger partial charge >= 0.3 is 0 Å². The first-order valence-corrected chi connectivity index (χ1v) is 7.36. The van der Waals surface area contributed by atoms with Crippen LogP contribution in [0.5, 0.6) is 0 Å². The third kappa shape index (κ3) is 2.83. The van der Waals surface area contributed by atoms with Crippen LogP contribution in [0.2, 0.25) is 5.02 Å². The molecule has 0 spiro atoms. The number of rotatable bonds is 4. The minimum atomic E-state index is -3.77. The van der Waals surface area contributed by atoms with Gasteiger partial charge in [-0.05, 0) is 37.5 Å². The number of nitrogens with one attached hydrogen (secondary N) is 1. The van der Waals surface area contributed by atoms with Crippen molar-refractivity contribution in [1.29, 1.82) is 0 Å². The first kappa shape index (κ1) is 13.7. The molecule has 0 amide bonds. The van der Waals surface area contributed by atoms with Crippen LogP contribution in [-0.2, 0) is 10.0 Å². The highest BCUT2D eigenvalue weighted by atomic mass is 35.5. The molecule has 18 heavy (non-hydrogen) atoms. The van der Waals surface area contributed by atoms with Crippen molar-refractivity contribution in [2.24, 2.45) is 0 Å². The van der Waals surface area contributed by atoms with Gasteiger partial charge in [-0.15, -0.1) is 0 Å². The van der Waals surface area contributed by atoms with Gasteiger partial charge in [-0.25, -0.2) is 17.5 Å². The van der Waals surface area contributed by atoms with Crippen LogP contribution in [0.15, 0.2) is 23.1 Å². The number of hydrogen-bond donors (Lipinski definition) is 2. The van der Waals surface area contributed by atoms with Gasteiger partial charge < -0.3 is 5.11 Å². The van der Waals surface area contributed by atoms with Crippen LogP contribution < -0.4 is 4.72 Å². The van der Waals surface area contributed by atoms with Gasteiger partial charge in [0.15, 0.2) is 0 Å². The smallest absolute Gasteiger partial charge is 0.240 e. The van der Waals surface area contributed by atoms with Crippen LogP contribution in [0.3, 0.4) is 0 Å². The maximum Gasteiger partial charge on any atom is 0.240 e. The lowest BCUT2D eigenvalue weighted by atomic mass is 9.81. The summed E-state index contributed by atoms with van der Waals surface area (Å²) in [6.45, 7) is -0.0374. The Morgan fingerprint density at radius 2 is 2.11 bits per heavy atom. The molecule has 0 atom stereocenters. The quantitative estimate of drug-likeness (QED) is 0.887. The molecule has 0 saturated heterocycles. The Morgan fingerprint density at radius 1 is 1.44 bits per heavy atom. The monoisotopic (exact) mass is 293 g/mol. The van der Waals surface area contributed by atoms with E-state index in [0.29, 0.717) is 12.8 Å². The normalized spacial score (nSPS) is 18.4. The molecule has 2 N–H and O–H groups in total. The Labute approximate surface area is 110 Å². The summed E-state index contributed by atoms with van der Waals surface area (Å²) in [6, 6.07) is 3.17. The van der Waals surface area contributed by atoms with Gasteiger partial charge in [0.05, 0.1) is 15.5 Å². The number of aliphatic hydroxyl groups is 1. The van der Waals surface area contributed by atoms with Crippen molar-refractivity contribution >= 4 is 21.6 Å². The molecule has 1 saturated carbocycles. The van der Waals surface area contributed by atoms with Gasteiger partial charge in [0.2, 0.25) is 10.0 Å². The van der Waals surface area contributed by atoms with E-state index < -0.39 is 21.4 Å². The molecule has 0 radical (unpaired) electrons. The molecule has 2 rings (SSSR count). The zero-order valence-electron chi connectivity index (χ0n) is 9.49. The SMILES string of the molecule is O=S(=O)(NCC1(O)CCC1)c1ccc(F)c(Cl)c1. The summed E-state index contributed by atoms with van der Waals surface area (Å²) in [6.07, 6.45) is 2.06. The average molecular weight is 294 g/mol. The third-order valence-electron chi connectivity index (χ3n) is 3.08. The van der Waals surface area contributed by atoms with Crippen LogP contribution in [-0.4, -0.2) is 25.7 Å². The third-order valence-corrected chi connectivity index (χ3v) is 4.77. The summed E-state index contributed by atoms with van der Waals surface area (Å²) < 4.78 is 39.0. The zero-order chi connectivity index (χ0) is 13.4. The highest BCUT2D eigenvalue weighted by molar-refractivity contribution is 7.89. The molecule has 0 aromatic heterocycles. The van der Waals surface area contributed by atoms with Gasteiger partial charge in [0.1, 0.15) is 5.82 Å². The van der Waals surface area contributed by atoms with Gasteiger partial charge in [-0.2, -0.15) is 0 Å². The average Bonchev–Trinajstić information content (AvgIpc) is 2.27. The number of hydrogen-bond acceptors (Lipinski definition) is 3. The van der Waals surface area contributed by atoms with Crippen LogP contribution in [0.25, 0.3) is 0 Å². The van der Waals surface area contributed by atoms with Crippen LogP contribution >= 0.6 is 11.6 Å². The Balaban J connectivity index is 2.12. The summed E-state index contributed by atoms with van der Waals surface area (Å²) in [5, 5.41) is 9.56. The zero-order valence-corrected chi connectivity index (χ0v) is 11.1. The summed E-state index contributed by atoms with van der Waals surface area (Å²) in [7, 11) is -3.77. The van der Waals surface area contributed by atoms with E-state index in [1.54, 1.807) is 0 Å². The molecule has 0 heterocycles. The predicted octanol–water partition coefficient (Wildman–Crippen LogP) is 1.67. The molecule has 0 bridgehead atoms. The molecule has 1 aliphatic carbocycles. The summed E-state index contributed by atoms with van der Waals surface area (Å²) in [5.74, 6) is -0.673. The molecule has 4 nitrogen and oxygen atoms in total. The summed E-state index contributed by atoms with van der Waals surface area (Å²) >= 11 is 5.53. The number of sulfonamides is 1. The van der Waals surface area contributed by atoms with Crippen molar-refractivity contribution in [3.05, 3.63) is 29.0 Å². The van der Waals surface area contributed by atoms with E-state index in [9.17, 15) is 17.9 Å². The Bertz CT molecular complexity index is 557. The fraction of sp³-hybridized carbons (Fsp3) is 0.455. The Hall–Kier alpha value is -0.690. The van der Waals surface area contributed by atoms with E-state index >= 15 is 0 Å². The Morgan fingerprint density at radius 3 is 2.61 bits per heavy atom.